The van der Waals surface area contributed by atoms with Crippen LogP contribution >= 0.6 is 0 Å². The Bertz CT molecular complexity index is 983. The van der Waals surface area contributed by atoms with Crippen LogP contribution in [0.15, 0.2) is 53.6 Å². The number of halogens is 1. The van der Waals surface area contributed by atoms with E-state index in [0.717, 1.165) is 30.9 Å². The van der Waals surface area contributed by atoms with E-state index in [9.17, 15) is 14.0 Å². The molecule has 0 spiro atoms. The molecule has 0 unspecified atom stereocenters. The van der Waals surface area contributed by atoms with Gasteiger partial charge in [-0.15, -0.1) is 0 Å². The molecule has 2 aromatic carbocycles. The highest BCUT2D eigenvalue weighted by Gasteiger charge is 2.29. The fourth-order valence-corrected chi connectivity index (χ4v) is 3.92. The second-order valence-corrected chi connectivity index (χ2v) is 8.04. The number of ether oxygens (including phenoxy) is 1. The third-order valence-corrected chi connectivity index (χ3v) is 5.82. The standard InChI is InChI=1S/C24H27FN4O3/c1-32-21-8-4-18(5-9-21)16-27-12-14-28(15-13-27)24(31)22-10-11-23(30)29(26-22)17-19-2-6-20(25)7-3-19/h2-9H,10-17H2,1H3. The average Bonchev–Trinajstić information content (AvgIpc) is 2.82. The van der Waals surface area contributed by atoms with Gasteiger partial charge >= 0.3 is 0 Å². The van der Waals surface area contributed by atoms with Crippen molar-refractivity contribution in [3.63, 3.8) is 0 Å². The van der Waals surface area contributed by atoms with Gasteiger partial charge in [-0.05, 0) is 35.4 Å². The molecule has 0 bridgehead atoms. The van der Waals surface area contributed by atoms with Crippen LogP contribution in [0.25, 0.3) is 0 Å². The molecule has 7 nitrogen and oxygen atoms in total. The lowest BCUT2D eigenvalue weighted by molar-refractivity contribution is -0.132. The van der Waals surface area contributed by atoms with Gasteiger partial charge in [0.25, 0.3) is 5.91 Å². The Labute approximate surface area is 187 Å². The summed E-state index contributed by atoms with van der Waals surface area (Å²) >= 11 is 0. The van der Waals surface area contributed by atoms with Gasteiger partial charge in [-0.3, -0.25) is 14.5 Å². The summed E-state index contributed by atoms with van der Waals surface area (Å²) in [6.45, 7) is 3.87. The Morgan fingerprint density at radius 2 is 1.56 bits per heavy atom. The Morgan fingerprint density at radius 3 is 2.22 bits per heavy atom. The minimum absolute atomic E-state index is 0.106. The van der Waals surface area contributed by atoms with E-state index in [4.69, 9.17) is 4.74 Å². The van der Waals surface area contributed by atoms with Crippen LogP contribution in [0.1, 0.15) is 24.0 Å². The predicted octanol–water partition coefficient (Wildman–Crippen LogP) is 2.66. The van der Waals surface area contributed by atoms with Gasteiger partial charge in [0, 0.05) is 45.6 Å². The number of carbonyl (C=O) groups is 2. The Balaban J connectivity index is 1.33. The van der Waals surface area contributed by atoms with Gasteiger partial charge in [0.15, 0.2) is 0 Å². The minimum atomic E-state index is -0.329. The lowest BCUT2D eigenvalue weighted by Gasteiger charge is -2.35. The fourth-order valence-electron chi connectivity index (χ4n) is 3.92. The van der Waals surface area contributed by atoms with Gasteiger partial charge in [0.1, 0.15) is 17.3 Å². The van der Waals surface area contributed by atoms with Crippen LogP contribution in [0.2, 0.25) is 0 Å². The van der Waals surface area contributed by atoms with Crippen molar-refractivity contribution >= 4 is 17.5 Å². The predicted molar refractivity (Wildman–Crippen MR) is 118 cm³/mol. The quantitative estimate of drug-likeness (QED) is 0.696. The molecule has 32 heavy (non-hydrogen) atoms. The Hall–Kier alpha value is -3.26. The Kier molecular flexibility index (Phi) is 6.80. The maximum Gasteiger partial charge on any atom is 0.270 e. The molecule has 2 amide bonds. The summed E-state index contributed by atoms with van der Waals surface area (Å²) in [5.41, 5.74) is 2.39. The first-order valence-electron chi connectivity index (χ1n) is 10.8. The van der Waals surface area contributed by atoms with Crippen molar-refractivity contribution in [2.45, 2.75) is 25.9 Å². The molecule has 0 radical (unpaired) electrons. The number of nitrogens with zero attached hydrogens (tertiary/aromatic N) is 4. The SMILES string of the molecule is COc1ccc(CN2CCN(C(=O)C3=NN(Cc4ccc(F)cc4)C(=O)CC3)CC2)cc1. The van der Waals surface area contributed by atoms with Crippen LogP contribution in [-0.2, 0) is 22.7 Å². The molecule has 2 aliphatic heterocycles. The highest BCUT2D eigenvalue weighted by molar-refractivity contribution is 6.39. The molecule has 168 valence electrons. The van der Waals surface area contributed by atoms with Crippen molar-refractivity contribution in [3.05, 3.63) is 65.5 Å². The summed E-state index contributed by atoms with van der Waals surface area (Å²) in [6, 6.07) is 14.0. The van der Waals surface area contributed by atoms with E-state index in [1.807, 2.05) is 17.0 Å². The minimum Gasteiger partial charge on any atom is -0.497 e. The monoisotopic (exact) mass is 438 g/mol. The largest absolute Gasteiger partial charge is 0.497 e. The molecule has 2 heterocycles. The van der Waals surface area contributed by atoms with Crippen molar-refractivity contribution in [1.82, 2.24) is 14.8 Å². The first-order chi connectivity index (χ1) is 15.5. The maximum absolute atomic E-state index is 13.1. The summed E-state index contributed by atoms with van der Waals surface area (Å²) in [5, 5.41) is 5.67. The van der Waals surface area contributed by atoms with Crippen LogP contribution in [0.4, 0.5) is 4.39 Å². The molecule has 1 saturated heterocycles. The topological polar surface area (TPSA) is 65.5 Å². The molecular weight excluding hydrogens is 411 g/mol. The van der Waals surface area contributed by atoms with Crippen LogP contribution in [0.3, 0.4) is 0 Å². The van der Waals surface area contributed by atoms with Crippen LogP contribution in [0, 0.1) is 5.82 Å². The molecule has 0 aliphatic carbocycles. The molecule has 0 aromatic heterocycles. The first kappa shape index (κ1) is 22.0. The van der Waals surface area contributed by atoms with Crippen molar-refractivity contribution in [1.29, 1.82) is 0 Å². The number of amides is 2. The molecule has 0 N–H and O–H groups in total. The molecule has 2 aliphatic rings. The van der Waals surface area contributed by atoms with Gasteiger partial charge in [-0.2, -0.15) is 5.10 Å². The summed E-state index contributed by atoms with van der Waals surface area (Å²) in [6.07, 6.45) is 0.604. The van der Waals surface area contributed by atoms with Gasteiger partial charge in [0.2, 0.25) is 5.91 Å². The van der Waals surface area contributed by atoms with E-state index < -0.39 is 0 Å². The molecule has 4 rings (SSSR count). The van der Waals surface area contributed by atoms with E-state index in [-0.39, 0.29) is 30.6 Å². The van der Waals surface area contributed by atoms with E-state index in [1.165, 1.54) is 22.7 Å². The van der Waals surface area contributed by atoms with Crippen LogP contribution < -0.4 is 4.74 Å². The highest BCUT2D eigenvalue weighted by Crippen LogP contribution is 2.17. The number of benzene rings is 2. The second kappa shape index (κ2) is 9.91. The van der Waals surface area contributed by atoms with Gasteiger partial charge in [0.05, 0.1) is 13.7 Å². The summed E-state index contributed by atoms with van der Waals surface area (Å²) in [7, 11) is 1.65. The van der Waals surface area contributed by atoms with Crippen LogP contribution in [0.5, 0.6) is 5.75 Å². The molecule has 1 fully saturated rings. The number of piperazine rings is 1. The van der Waals surface area contributed by atoms with E-state index >= 15 is 0 Å². The number of methoxy groups -OCH3 is 1. The van der Waals surface area contributed by atoms with Crippen molar-refractivity contribution in [2.75, 3.05) is 33.3 Å². The Morgan fingerprint density at radius 1 is 0.938 bits per heavy atom. The van der Waals surface area contributed by atoms with Gasteiger partial charge < -0.3 is 9.64 Å². The second-order valence-electron chi connectivity index (χ2n) is 8.04. The zero-order valence-electron chi connectivity index (χ0n) is 18.2. The van der Waals surface area contributed by atoms with Gasteiger partial charge in [-0.25, -0.2) is 9.40 Å². The highest BCUT2D eigenvalue weighted by atomic mass is 19.1. The van der Waals surface area contributed by atoms with E-state index in [0.29, 0.717) is 25.2 Å². The van der Waals surface area contributed by atoms with Crippen LogP contribution in [-0.4, -0.2) is 65.6 Å². The zero-order valence-corrected chi connectivity index (χ0v) is 18.2. The molecular formula is C24H27FN4O3. The zero-order chi connectivity index (χ0) is 22.5. The first-order valence-corrected chi connectivity index (χ1v) is 10.8. The normalized spacial score (nSPS) is 17.3. The molecule has 0 atom stereocenters. The fraction of sp³-hybridized carbons (Fsp3) is 0.375. The maximum atomic E-state index is 13.1. The molecule has 0 saturated carbocycles. The molecule has 2 aromatic rings. The third kappa shape index (κ3) is 5.31. The summed E-state index contributed by atoms with van der Waals surface area (Å²) in [5.74, 6) is 0.273. The summed E-state index contributed by atoms with van der Waals surface area (Å²) in [4.78, 5) is 29.4. The lowest BCUT2D eigenvalue weighted by Crippen LogP contribution is -2.51. The van der Waals surface area contributed by atoms with Crippen molar-refractivity contribution in [3.8, 4) is 5.75 Å². The number of carbonyl (C=O) groups excluding carboxylic acids is 2. The number of hydrazone groups is 1. The smallest absolute Gasteiger partial charge is 0.270 e. The average molecular weight is 439 g/mol. The van der Waals surface area contributed by atoms with E-state index in [1.54, 1.807) is 19.2 Å². The molecule has 8 heteroatoms. The lowest BCUT2D eigenvalue weighted by atomic mass is 10.1. The number of rotatable bonds is 6. The van der Waals surface area contributed by atoms with Crippen molar-refractivity contribution < 1.29 is 18.7 Å². The number of hydrogen-bond donors (Lipinski definition) is 0. The summed E-state index contributed by atoms with van der Waals surface area (Å²) < 4.78 is 18.3. The third-order valence-electron chi connectivity index (χ3n) is 5.82. The van der Waals surface area contributed by atoms with E-state index in [2.05, 4.69) is 22.1 Å². The number of hydrogen-bond acceptors (Lipinski definition) is 5. The van der Waals surface area contributed by atoms with Crippen molar-refractivity contribution in [2.24, 2.45) is 5.10 Å². The van der Waals surface area contributed by atoms with Gasteiger partial charge in [-0.1, -0.05) is 24.3 Å².